The van der Waals surface area contributed by atoms with E-state index in [0.717, 1.165) is 16.2 Å². The number of nitrogens with zero attached hydrogens (tertiary/aromatic N) is 5. The number of carbonyl (C=O) groups is 4. The van der Waals surface area contributed by atoms with Gasteiger partial charge in [0.05, 0.1) is 12.6 Å². The van der Waals surface area contributed by atoms with Gasteiger partial charge in [-0.05, 0) is 38.1 Å². The number of nitrogens with one attached hydrogen (secondary N) is 1. The van der Waals surface area contributed by atoms with Gasteiger partial charge in [-0.2, -0.15) is 0 Å². The van der Waals surface area contributed by atoms with Crippen LogP contribution in [-0.4, -0.2) is 83.1 Å². The Kier molecular flexibility index (Phi) is 8.83. The molecule has 2 aliphatic heterocycles. The largest absolute Gasteiger partial charge is 0.478 e. The third-order valence-electron chi connectivity index (χ3n) is 6.15. The molecular weight excluding hydrogens is 611 g/mol. The number of thiazole rings is 1. The molecule has 224 valence electrons. The quantitative estimate of drug-likeness (QED) is 0.0462. The fraction of sp³-hybridized carbons (Fsp3) is 0.391. The summed E-state index contributed by atoms with van der Waals surface area (Å²) < 4.78 is 1.73. The lowest BCUT2D eigenvalue weighted by molar-refractivity contribution is -0.719. The Hall–Kier alpha value is -4.10. The molecule has 4 rings (SSSR count). The van der Waals surface area contributed by atoms with Crippen molar-refractivity contribution in [2.45, 2.75) is 49.5 Å². The van der Waals surface area contributed by atoms with Gasteiger partial charge in [-0.1, -0.05) is 10.1 Å². The summed E-state index contributed by atoms with van der Waals surface area (Å²) in [6, 6.07) is 0.444. The van der Waals surface area contributed by atoms with Gasteiger partial charge in [0.1, 0.15) is 22.8 Å². The number of thioether (sulfide) groups is 2. The molecule has 4 heterocycles. The number of fused-ring (bicyclic) bond motifs is 1. The van der Waals surface area contributed by atoms with Crippen molar-refractivity contribution in [2.24, 2.45) is 5.16 Å². The van der Waals surface area contributed by atoms with Crippen LogP contribution in [0.3, 0.4) is 0 Å². The first-order valence-electron chi connectivity index (χ1n) is 12.3. The summed E-state index contributed by atoms with van der Waals surface area (Å²) in [6.45, 7) is 4.88. The van der Waals surface area contributed by atoms with E-state index in [1.54, 1.807) is 4.57 Å². The number of amides is 2. The number of aliphatic carboxylic acids is 2. The van der Waals surface area contributed by atoms with Crippen LogP contribution in [0, 0.1) is 0 Å². The number of hydrogen-bond acceptors (Lipinski definition) is 14. The van der Waals surface area contributed by atoms with Crippen LogP contribution in [-0.2, 0) is 30.6 Å². The van der Waals surface area contributed by atoms with Gasteiger partial charge >= 0.3 is 17.1 Å². The van der Waals surface area contributed by atoms with E-state index in [2.05, 4.69) is 20.4 Å². The molecule has 1 fully saturated rings. The van der Waals surface area contributed by atoms with Crippen LogP contribution in [0.2, 0.25) is 0 Å². The molecule has 0 radical (unpaired) electrons. The number of carboxylic acid groups (broad SMARTS) is 2. The normalized spacial score (nSPS) is 18.8. The maximum Gasteiger partial charge on any atom is 0.352 e. The predicted octanol–water partition coefficient (Wildman–Crippen LogP) is -0.293. The highest BCUT2D eigenvalue weighted by Gasteiger charge is 2.54. The predicted molar refractivity (Wildman–Crippen MR) is 155 cm³/mol. The van der Waals surface area contributed by atoms with Crippen molar-refractivity contribution in [3.63, 3.8) is 0 Å². The SMILES string of the molecule is CC[n+]1c(N)cc(N)nc1SCC1=C(C(=O)O)N2C(=O)[C@@H](NC(=O)/C(=N/OC(C)(C)C(=O)O)c3csc(N)n3)[C@H]2SC1. The number of carbonyl (C=O) groups excluding carboxylic acids is 2. The maximum atomic E-state index is 13.2. The lowest BCUT2D eigenvalue weighted by Gasteiger charge is -2.49. The number of aromatic nitrogens is 3. The molecule has 0 spiro atoms. The Bertz CT molecular complexity index is 1520. The summed E-state index contributed by atoms with van der Waals surface area (Å²) in [5, 5.41) is 26.9. The van der Waals surface area contributed by atoms with Crippen LogP contribution in [0.4, 0.5) is 16.8 Å². The molecule has 0 bridgehead atoms. The Balaban J connectivity index is 1.54. The van der Waals surface area contributed by atoms with Gasteiger partial charge in [0.25, 0.3) is 11.8 Å². The van der Waals surface area contributed by atoms with Crippen LogP contribution in [0.25, 0.3) is 0 Å². The second kappa shape index (κ2) is 12.0. The lowest BCUT2D eigenvalue weighted by atomic mass is 10.0. The van der Waals surface area contributed by atoms with Crippen molar-refractivity contribution < 1.29 is 38.8 Å². The number of β-lactam (4-membered cyclic amide) rings is 1. The molecule has 2 amide bonds. The van der Waals surface area contributed by atoms with E-state index >= 15 is 0 Å². The van der Waals surface area contributed by atoms with Crippen molar-refractivity contribution in [1.29, 1.82) is 0 Å². The van der Waals surface area contributed by atoms with Crippen LogP contribution in [0.1, 0.15) is 26.5 Å². The second-order valence-corrected chi connectivity index (χ2v) is 12.4. The summed E-state index contributed by atoms with van der Waals surface area (Å²) in [6.07, 6.45) is 0. The van der Waals surface area contributed by atoms with Gasteiger partial charge < -0.3 is 37.6 Å². The van der Waals surface area contributed by atoms with Crippen molar-refractivity contribution in [3.05, 3.63) is 28.4 Å². The number of hydrogen-bond donors (Lipinski definition) is 6. The molecule has 0 unspecified atom stereocenters. The van der Waals surface area contributed by atoms with Gasteiger partial charge in [-0.15, -0.1) is 23.1 Å². The fourth-order valence-corrected chi connectivity index (χ4v) is 7.05. The molecule has 16 nitrogen and oxygen atoms in total. The monoisotopic (exact) mass is 638 g/mol. The average molecular weight is 639 g/mol. The maximum absolute atomic E-state index is 13.2. The molecule has 2 atom stereocenters. The van der Waals surface area contributed by atoms with Crippen molar-refractivity contribution in [1.82, 2.24) is 20.2 Å². The van der Waals surface area contributed by atoms with E-state index in [-0.39, 0.29) is 33.8 Å². The van der Waals surface area contributed by atoms with Gasteiger partial charge in [0.15, 0.2) is 10.8 Å². The number of nitrogens with two attached hydrogens (primary N) is 3. The molecule has 9 N–H and O–H groups in total. The van der Waals surface area contributed by atoms with Gasteiger partial charge in [-0.25, -0.2) is 19.1 Å². The fourth-order valence-electron chi connectivity index (χ4n) is 3.93. The van der Waals surface area contributed by atoms with Gasteiger partial charge in [-0.3, -0.25) is 14.5 Å². The minimum Gasteiger partial charge on any atom is -0.478 e. The van der Waals surface area contributed by atoms with Crippen molar-refractivity contribution in [3.8, 4) is 0 Å². The topological polar surface area (TPSA) is 253 Å². The van der Waals surface area contributed by atoms with E-state index in [1.165, 1.54) is 48.8 Å². The minimum atomic E-state index is -1.77. The summed E-state index contributed by atoms with van der Waals surface area (Å²) in [4.78, 5) is 64.7. The zero-order valence-corrected chi connectivity index (χ0v) is 25.0. The third kappa shape index (κ3) is 6.07. The first-order valence-corrected chi connectivity index (χ1v) is 15.2. The van der Waals surface area contributed by atoms with E-state index in [1.807, 2.05) is 6.92 Å². The summed E-state index contributed by atoms with van der Waals surface area (Å²) in [5.41, 5.74) is 15.7. The third-order valence-corrected chi connectivity index (χ3v) is 9.23. The van der Waals surface area contributed by atoms with Crippen LogP contribution in [0.5, 0.6) is 0 Å². The number of nitrogen functional groups attached to an aromatic ring is 3. The molecule has 2 aromatic heterocycles. The van der Waals surface area contributed by atoms with Crippen molar-refractivity contribution >= 4 is 81.1 Å². The highest BCUT2D eigenvalue weighted by atomic mass is 32.2. The molecule has 0 aromatic carbocycles. The molecule has 2 aliphatic rings. The number of anilines is 3. The number of oxime groups is 1. The number of rotatable bonds is 11. The molecule has 1 saturated heterocycles. The molecule has 42 heavy (non-hydrogen) atoms. The number of carboxylic acids is 2. The smallest absolute Gasteiger partial charge is 0.352 e. The van der Waals surface area contributed by atoms with Crippen LogP contribution in [0.15, 0.2) is 33.0 Å². The highest BCUT2D eigenvalue weighted by Crippen LogP contribution is 2.41. The molecular formula is C23H28N9O7S3+. The molecule has 0 aliphatic carbocycles. The zero-order valence-electron chi connectivity index (χ0n) is 22.6. The van der Waals surface area contributed by atoms with E-state index in [9.17, 15) is 29.4 Å². The van der Waals surface area contributed by atoms with Crippen LogP contribution < -0.4 is 27.1 Å². The first kappa shape index (κ1) is 30.8. The first-order chi connectivity index (χ1) is 19.7. The van der Waals surface area contributed by atoms with E-state index < -0.39 is 46.5 Å². The minimum absolute atomic E-state index is 0.0154. The Morgan fingerprint density at radius 3 is 2.60 bits per heavy atom. The second-order valence-electron chi connectivity index (χ2n) is 9.46. The standard InChI is InChI=1S/C23H27N9O7S3/c1-4-31-12(25)5-11(24)28-22(31)42-7-9-6-40-18-14(17(34)32(18)15(9)19(35)36)29-16(33)13(10-8-41-21(26)27-10)30-39-23(2,3)20(37)38/h5,8,14,18H,4,6-7H2,1-3H3,(H8,24,25,26,27,29,33,35,36,37,38)/p+1/b30-13+/t14-,18-/m1/s1. The van der Waals surface area contributed by atoms with E-state index in [0.29, 0.717) is 23.1 Å². The molecule has 2 aromatic rings. The summed E-state index contributed by atoms with van der Waals surface area (Å²) in [7, 11) is 0. The van der Waals surface area contributed by atoms with Gasteiger partial charge in [0.2, 0.25) is 17.2 Å². The highest BCUT2D eigenvalue weighted by molar-refractivity contribution is 8.01. The summed E-state index contributed by atoms with van der Waals surface area (Å²) >= 11 is 3.54. The molecule has 0 saturated carbocycles. The lowest BCUT2D eigenvalue weighted by Crippen LogP contribution is -2.71. The zero-order chi connectivity index (χ0) is 30.9. The summed E-state index contributed by atoms with van der Waals surface area (Å²) in [5.74, 6) is -3.03. The van der Waals surface area contributed by atoms with Crippen LogP contribution >= 0.6 is 34.9 Å². The molecule has 19 heteroatoms. The Labute approximate surface area is 251 Å². The average Bonchev–Trinajstić information content (AvgIpc) is 3.35. The van der Waals surface area contributed by atoms with Gasteiger partial charge in [0, 0.05) is 16.9 Å². The van der Waals surface area contributed by atoms with E-state index in [4.69, 9.17) is 22.0 Å². The van der Waals surface area contributed by atoms with Crippen molar-refractivity contribution in [2.75, 3.05) is 28.7 Å². The Morgan fingerprint density at radius 2 is 2.00 bits per heavy atom. The Morgan fingerprint density at radius 1 is 1.29 bits per heavy atom.